The third-order valence-corrected chi connectivity index (χ3v) is 4.01. The van der Waals surface area contributed by atoms with Crippen molar-refractivity contribution in [1.82, 2.24) is 4.90 Å². The Morgan fingerprint density at radius 3 is 2.70 bits per heavy atom. The first-order valence-corrected chi connectivity index (χ1v) is 8.17. The summed E-state index contributed by atoms with van der Waals surface area (Å²) in [6.45, 7) is 1.68. The molecule has 122 valence electrons. The monoisotopic (exact) mass is 337 g/mol. The lowest BCUT2D eigenvalue weighted by Crippen LogP contribution is -2.41. The van der Waals surface area contributed by atoms with Gasteiger partial charge in [-0.05, 0) is 18.2 Å². The van der Waals surface area contributed by atoms with Gasteiger partial charge in [0.25, 0.3) is 16.0 Å². The molecule has 1 aliphatic heterocycles. The van der Waals surface area contributed by atoms with E-state index in [1.807, 2.05) is 6.07 Å². The fraction of sp³-hybridized carbons (Fsp3) is 0.286. The van der Waals surface area contributed by atoms with Gasteiger partial charge in [0.2, 0.25) is 0 Å². The number of ether oxygens (including phenoxy) is 1. The zero-order valence-electron chi connectivity index (χ0n) is 12.1. The summed E-state index contributed by atoms with van der Waals surface area (Å²) in [4.78, 5) is 13.4. The van der Waals surface area contributed by atoms with E-state index in [2.05, 4.69) is 5.32 Å². The molecule has 1 saturated heterocycles. The van der Waals surface area contributed by atoms with E-state index in [1.165, 1.54) is 29.3 Å². The molecular weight excluding hydrogens is 322 g/mol. The minimum Gasteiger partial charge on any atom is -0.378 e. The smallest absolute Gasteiger partial charge is 0.294 e. The van der Waals surface area contributed by atoms with Crippen LogP contribution in [0, 0.1) is 11.3 Å². The molecule has 1 heterocycles. The average molecular weight is 337 g/mol. The predicted octanol–water partition coefficient (Wildman–Crippen LogP) is 0.611. The standard InChI is InChI=1S/C14H15N3O5S/c15-9-11(14(18)17-4-6-22-7-5-17)10-16-12-2-1-3-13(8-12)23(19,20)21/h1-3,8,10,16H,4-7H2,(H,19,20,21)/b11-10-. The van der Waals surface area contributed by atoms with Crippen molar-refractivity contribution in [2.75, 3.05) is 31.6 Å². The number of carbonyl (C=O) groups excluding carboxylic acids is 1. The minimum absolute atomic E-state index is 0.107. The third-order valence-electron chi connectivity index (χ3n) is 3.16. The van der Waals surface area contributed by atoms with Crippen LogP contribution < -0.4 is 5.32 Å². The molecule has 1 aliphatic rings. The molecule has 1 aromatic rings. The van der Waals surface area contributed by atoms with E-state index in [0.29, 0.717) is 32.0 Å². The Morgan fingerprint density at radius 2 is 2.09 bits per heavy atom. The highest BCUT2D eigenvalue weighted by Gasteiger charge is 2.20. The van der Waals surface area contributed by atoms with Gasteiger partial charge in [-0.15, -0.1) is 0 Å². The van der Waals surface area contributed by atoms with Crippen LogP contribution in [0.3, 0.4) is 0 Å². The van der Waals surface area contributed by atoms with Crippen molar-refractivity contribution in [1.29, 1.82) is 5.26 Å². The van der Waals surface area contributed by atoms with Crippen molar-refractivity contribution in [3.05, 3.63) is 36.0 Å². The van der Waals surface area contributed by atoms with Crippen molar-refractivity contribution in [3.8, 4) is 6.07 Å². The first kappa shape index (κ1) is 17.0. The van der Waals surface area contributed by atoms with E-state index in [9.17, 15) is 13.2 Å². The number of nitriles is 1. The fourth-order valence-corrected chi connectivity index (χ4v) is 2.51. The second kappa shape index (κ2) is 7.23. The Kier molecular flexibility index (Phi) is 5.33. The van der Waals surface area contributed by atoms with Gasteiger partial charge in [0.1, 0.15) is 11.6 Å². The molecule has 0 unspecified atom stereocenters. The van der Waals surface area contributed by atoms with Gasteiger partial charge in [-0.25, -0.2) is 0 Å². The normalized spacial score (nSPS) is 15.8. The van der Waals surface area contributed by atoms with E-state index in [4.69, 9.17) is 14.6 Å². The summed E-state index contributed by atoms with van der Waals surface area (Å²) in [5.74, 6) is -0.422. The summed E-state index contributed by atoms with van der Waals surface area (Å²) < 4.78 is 36.3. The maximum atomic E-state index is 12.2. The van der Waals surface area contributed by atoms with Gasteiger partial charge in [-0.1, -0.05) is 6.07 Å². The van der Waals surface area contributed by atoms with Crippen LogP contribution in [-0.4, -0.2) is 50.1 Å². The number of amides is 1. The minimum atomic E-state index is -4.32. The molecular formula is C14H15N3O5S. The van der Waals surface area contributed by atoms with Crippen molar-refractivity contribution in [2.45, 2.75) is 4.90 Å². The first-order valence-electron chi connectivity index (χ1n) is 6.73. The van der Waals surface area contributed by atoms with E-state index >= 15 is 0 Å². The van der Waals surface area contributed by atoms with Crippen LogP contribution in [0.15, 0.2) is 40.9 Å². The fourth-order valence-electron chi connectivity index (χ4n) is 1.98. The molecule has 0 aliphatic carbocycles. The van der Waals surface area contributed by atoms with Crippen molar-refractivity contribution >= 4 is 21.7 Å². The second-order valence-corrected chi connectivity index (χ2v) is 6.14. The Morgan fingerprint density at radius 1 is 1.39 bits per heavy atom. The van der Waals surface area contributed by atoms with Gasteiger partial charge in [0, 0.05) is 25.0 Å². The maximum Gasteiger partial charge on any atom is 0.294 e. The van der Waals surface area contributed by atoms with E-state index < -0.39 is 16.0 Å². The van der Waals surface area contributed by atoms with Crippen molar-refractivity contribution < 1.29 is 22.5 Å². The van der Waals surface area contributed by atoms with E-state index in [-0.39, 0.29) is 10.5 Å². The number of hydrogen-bond donors (Lipinski definition) is 2. The lowest BCUT2D eigenvalue weighted by atomic mass is 10.2. The molecule has 0 atom stereocenters. The number of hydrogen-bond acceptors (Lipinski definition) is 6. The Labute approximate surface area is 133 Å². The summed E-state index contributed by atoms with van der Waals surface area (Å²) in [6.07, 6.45) is 1.21. The van der Waals surface area contributed by atoms with Crippen LogP contribution in [0.25, 0.3) is 0 Å². The number of carbonyl (C=O) groups is 1. The summed E-state index contributed by atoms with van der Waals surface area (Å²) in [5, 5.41) is 11.8. The van der Waals surface area contributed by atoms with Crippen molar-refractivity contribution in [3.63, 3.8) is 0 Å². The Bertz CT molecular complexity index is 761. The number of benzene rings is 1. The molecule has 2 N–H and O–H groups in total. The number of nitrogens with zero attached hydrogens (tertiary/aromatic N) is 2. The Balaban J connectivity index is 2.14. The highest BCUT2D eigenvalue weighted by molar-refractivity contribution is 7.85. The Hall–Kier alpha value is -2.41. The molecule has 1 fully saturated rings. The molecule has 1 aromatic carbocycles. The largest absolute Gasteiger partial charge is 0.378 e. The van der Waals surface area contributed by atoms with Crippen LogP contribution in [0.2, 0.25) is 0 Å². The number of rotatable bonds is 4. The van der Waals surface area contributed by atoms with E-state index in [1.54, 1.807) is 6.07 Å². The van der Waals surface area contributed by atoms with E-state index in [0.717, 1.165) is 0 Å². The van der Waals surface area contributed by atoms with Gasteiger partial charge in [-0.3, -0.25) is 9.35 Å². The molecule has 0 bridgehead atoms. The summed E-state index contributed by atoms with van der Waals surface area (Å²) in [6, 6.07) is 7.20. The van der Waals surface area contributed by atoms with Crippen LogP contribution in [-0.2, 0) is 19.6 Å². The molecule has 0 aromatic heterocycles. The molecule has 8 nitrogen and oxygen atoms in total. The van der Waals surface area contributed by atoms with Crippen LogP contribution in [0.4, 0.5) is 5.69 Å². The van der Waals surface area contributed by atoms with Crippen LogP contribution in [0.5, 0.6) is 0 Å². The maximum absolute atomic E-state index is 12.2. The molecule has 0 radical (unpaired) electrons. The molecule has 2 rings (SSSR count). The average Bonchev–Trinajstić information content (AvgIpc) is 2.55. The second-order valence-electron chi connectivity index (χ2n) is 4.72. The predicted molar refractivity (Wildman–Crippen MR) is 81.0 cm³/mol. The highest BCUT2D eigenvalue weighted by atomic mass is 32.2. The van der Waals surface area contributed by atoms with Crippen LogP contribution in [0.1, 0.15) is 0 Å². The van der Waals surface area contributed by atoms with Gasteiger partial charge in [-0.2, -0.15) is 13.7 Å². The summed E-state index contributed by atoms with van der Waals surface area (Å²) in [5.41, 5.74) is 0.215. The molecule has 23 heavy (non-hydrogen) atoms. The number of morpholine rings is 1. The lowest BCUT2D eigenvalue weighted by molar-refractivity contribution is -0.130. The SMILES string of the molecule is N#C/C(=C/Nc1cccc(S(=O)(=O)O)c1)C(=O)N1CCOCC1. The molecule has 0 saturated carbocycles. The van der Waals surface area contributed by atoms with Gasteiger partial charge < -0.3 is 15.0 Å². The number of nitrogens with one attached hydrogen (secondary N) is 1. The van der Waals surface area contributed by atoms with Gasteiger partial charge >= 0.3 is 0 Å². The summed E-state index contributed by atoms with van der Waals surface area (Å²) in [7, 11) is -4.32. The molecule has 9 heteroatoms. The first-order chi connectivity index (χ1) is 10.9. The summed E-state index contributed by atoms with van der Waals surface area (Å²) >= 11 is 0. The van der Waals surface area contributed by atoms with Crippen LogP contribution >= 0.6 is 0 Å². The molecule has 1 amide bonds. The highest BCUT2D eigenvalue weighted by Crippen LogP contribution is 2.15. The zero-order valence-corrected chi connectivity index (χ0v) is 12.9. The van der Waals surface area contributed by atoms with Crippen molar-refractivity contribution in [2.24, 2.45) is 0 Å². The quantitative estimate of drug-likeness (QED) is 0.469. The van der Waals surface area contributed by atoms with Gasteiger partial charge in [0.15, 0.2) is 0 Å². The number of anilines is 1. The molecule has 0 spiro atoms. The topological polar surface area (TPSA) is 120 Å². The zero-order chi connectivity index (χ0) is 16.9. The lowest BCUT2D eigenvalue weighted by Gasteiger charge is -2.26. The van der Waals surface area contributed by atoms with Gasteiger partial charge in [0.05, 0.1) is 18.1 Å². The third kappa shape index (κ3) is 4.53.